The summed E-state index contributed by atoms with van der Waals surface area (Å²) < 4.78 is 38.9. The van der Waals surface area contributed by atoms with Crippen LogP contribution in [-0.2, 0) is 45.5 Å². The number of esters is 2. The Labute approximate surface area is 360 Å². The Morgan fingerprint density at radius 2 is 1.30 bits per heavy atom. The van der Waals surface area contributed by atoms with Gasteiger partial charge >= 0.3 is 19.8 Å². The van der Waals surface area contributed by atoms with E-state index in [4.69, 9.17) is 28.7 Å². The highest BCUT2D eigenvalue weighted by atomic mass is 31.2. The van der Waals surface area contributed by atoms with Crippen molar-refractivity contribution in [1.82, 2.24) is 0 Å². The summed E-state index contributed by atoms with van der Waals surface area (Å²) in [5, 5.41) is 20.0. The molecule has 0 spiro atoms. The lowest BCUT2D eigenvalue weighted by Crippen LogP contribution is -2.29. The number of allylic oxidation sites excluding steroid dienone is 8. The Morgan fingerprint density at radius 3 is 1.92 bits per heavy atom. The summed E-state index contributed by atoms with van der Waals surface area (Å²) in [7, 11) is -4.44. The van der Waals surface area contributed by atoms with Crippen LogP contribution in [0.4, 0.5) is 0 Å². The molecule has 0 saturated carbocycles. The van der Waals surface area contributed by atoms with Gasteiger partial charge in [-0.1, -0.05) is 125 Å². The first kappa shape index (κ1) is 54.7. The molecule has 0 amide bonds. The van der Waals surface area contributed by atoms with E-state index in [0.29, 0.717) is 32.1 Å². The number of nitrogens with two attached hydrogens (primary N) is 1. The fourth-order valence-corrected chi connectivity index (χ4v) is 6.66. The number of ether oxygens (including phenoxy) is 2. The Bertz CT molecular complexity index is 1530. The van der Waals surface area contributed by atoms with Crippen LogP contribution in [0, 0.1) is 13.8 Å². The molecule has 0 aromatic carbocycles. The van der Waals surface area contributed by atoms with Crippen molar-refractivity contribution >= 4 is 19.8 Å². The van der Waals surface area contributed by atoms with Crippen LogP contribution in [0.3, 0.4) is 0 Å². The number of hydrogen-bond donors (Lipinski definition) is 4. The fraction of sp³-hybridized carbons (Fsp3) is 0.617. The number of carbonyl (C=O) groups is 2. The molecule has 0 aliphatic rings. The molecule has 0 bridgehead atoms. The normalized spacial score (nSPS) is 15.0. The topological polar surface area (TPSA) is 188 Å². The van der Waals surface area contributed by atoms with E-state index in [1.54, 1.807) is 36.5 Å². The van der Waals surface area contributed by atoms with Crippen LogP contribution < -0.4 is 5.73 Å². The van der Waals surface area contributed by atoms with E-state index in [1.807, 2.05) is 43.4 Å². The lowest BCUT2D eigenvalue weighted by molar-refractivity contribution is -0.161. The number of furan rings is 1. The molecular formula is C47H76NO11P. The maximum atomic E-state index is 12.7. The molecule has 1 aromatic heterocycles. The fourth-order valence-electron chi connectivity index (χ4n) is 5.89. The third-order valence-corrected chi connectivity index (χ3v) is 10.5. The molecule has 0 aliphatic carbocycles. The highest BCUT2D eigenvalue weighted by Gasteiger charge is 2.26. The van der Waals surface area contributed by atoms with Gasteiger partial charge in [-0.25, -0.2) is 4.57 Å². The molecule has 1 aromatic rings. The van der Waals surface area contributed by atoms with Crippen LogP contribution in [0.25, 0.3) is 0 Å². The number of aliphatic hydroxyl groups excluding tert-OH is 2. The zero-order valence-corrected chi connectivity index (χ0v) is 37.7. The average molecular weight is 862 g/mol. The van der Waals surface area contributed by atoms with Crippen molar-refractivity contribution in [2.45, 2.75) is 162 Å². The van der Waals surface area contributed by atoms with Crippen LogP contribution in [0.15, 0.2) is 77.3 Å². The van der Waals surface area contributed by atoms with Crippen molar-refractivity contribution in [3.8, 4) is 0 Å². The number of rotatable bonds is 36. The van der Waals surface area contributed by atoms with E-state index in [-0.39, 0.29) is 32.6 Å². The SMILES string of the molecule is CC/C=C\C[C@@H](O)/C=C/C=C\C=C\[C@@H](O)C/C=C\C/C=C\CCC(=O)OC[C@H](COP(=O)(O)OCCN)OC(=O)CCCCCCCCc1oc(CCCCC)c(C)c1C. The number of carbonyl (C=O) groups excluding carboxylic acids is 2. The van der Waals surface area contributed by atoms with Gasteiger partial charge in [0.05, 0.1) is 25.4 Å². The van der Waals surface area contributed by atoms with Crippen molar-refractivity contribution < 1.29 is 52.2 Å². The molecule has 5 N–H and O–H groups in total. The summed E-state index contributed by atoms with van der Waals surface area (Å²) in [6.07, 6.45) is 34.2. The number of unbranched alkanes of at least 4 members (excludes halogenated alkanes) is 7. The molecule has 60 heavy (non-hydrogen) atoms. The minimum absolute atomic E-state index is 0.0152. The first-order valence-corrected chi connectivity index (χ1v) is 23.5. The van der Waals surface area contributed by atoms with Crippen molar-refractivity contribution in [2.24, 2.45) is 5.73 Å². The molecule has 0 radical (unpaired) electrons. The minimum atomic E-state index is -4.44. The minimum Gasteiger partial charge on any atom is -0.466 e. The molecule has 1 heterocycles. The van der Waals surface area contributed by atoms with Crippen LogP contribution in [-0.4, -0.2) is 71.7 Å². The third-order valence-electron chi connectivity index (χ3n) is 9.49. The van der Waals surface area contributed by atoms with Gasteiger partial charge in [-0.2, -0.15) is 0 Å². The van der Waals surface area contributed by atoms with Crippen molar-refractivity contribution in [1.29, 1.82) is 0 Å². The molecule has 1 rings (SSSR count). The maximum Gasteiger partial charge on any atom is 0.472 e. The van der Waals surface area contributed by atoms with E-state index in [2.05, 4.69) is 20.8 Å². The van der Waals surface area contributed by atoms with E-state index in [0.717, 1.165) is 69.3 Å². The second kappa shape index (κ2) is 35.3. The second-order valence-corrected chi connectivity index (χ2v) is 16.3. The number of phosphoric ester groups is 1. The molecule has 4 atom stereocenters. The molecule has 13 heteroatoms. The van der Waals surface area contributed by atoms with Crippen molar-refractivity contribution in [3.05, 3.63) is 95.6 Å². The standard InChI is InChI=1S/C47H76NO11P/c1-5-7-19-27-41(49)29-22-17-18-23-30-42(50)28-21-13-9-11-15-25-33-46(51)55-37-43(38-57-60(53,54)56-36-35-48)58-47(52)34-26-16-12-10-14-24-32-45-40(4)39(3)44(59-45)31-20-8-6-2/h7,11,13,15,17-19,21-23,29-30,41-43,49-50H,5-6,8-10,12,14,16,20,24-28,31-38,48H2,1-4H3,(H,53,54)/b15-11-,18-17-,19-7-,21-13-,29-22+,30-23+/t41-,42+,43-/m1/s1. The summed E-state index contributed by atoms with van der Waals surface area (Å²) in [4.78, 5) is 35.0. The predicted octanol–water partition coefficient (Wildman–Crippen LogP) is 9.87. The van der Waals surface area contributed by atoms with Gasteiger partial charge in [0.2, 0.25) is 0 Å². The van der Waals surface area contributed by atoms with Crippen LogP contribution in [0.5, 0.6) is 0 Å². The van der Waals surface area contributed by atoms with Gasteiger partial charge in [0, 0.05) is 32.2 Å². The molecule has 0 fully saturated rings. The molecule has 0 aliphatic heterocycles. The summed E-state index contributed by atoms with van der Waals surface area (Å²) in [5.74, 6) is 1.20. The zero-order valence-electron chi connectivity index (χ0n) is 36.8. The number of hydrogen-bond acceptors (Lipinski definition) is 11. The largest absolute Gasteiger partial charge is 0.472 e. The first-order valence-electron chi connectivity index (χ1n) is 22.0. The second-order valence-electron chi connectivity index (χ2n) is 14.8. The summed E-state index contributed by atoms with van der Waals surface area (Å²) in [6.45, 7) is 7.53. The third kappa shape index (κ3) is 29.0. The van der Waals surface area contributed by atoms with Crippen LogP contribution in [0.2, 0.25) is 0 Å². The lowest BCUT2D eigenvalue weighted by atomic mass is 10.0. The van der Waals surface area contributed by atoms with Gasteiger partial charge in [0.1, 0.15) is 18.1 Å². The highest BCUT2D eigenvalue weighted by molar-refractivity contribution is 7.47. The van der Waals surface area contributed by atoms with Gasteiger partial charge in [-0.05, 0) is 76.3 Å². The molecule has 1 unspecified atom stereocenters. The number of phosphoric acid groups is 1. The Balaban J connectivity index is 2.39. The van der Waals surface area contributed by atoms with E-state index in [9.17, 15) is 29.3 Å². The number of aliphatic hydroxyl groups is 2. The molecular weight excluding hydrogens is 785 g/mol. The summed E-state index contributed by atoms with van der Waals surface area (Å²) in [6, 6.07) is 0. The van der Waals surface area contributed by atoms with Crippen LogP contribution >= 0.6 is 7.82 Å². The quantitative estimate of drug-likeness (QED) is 0.0165. The first-order chi connectivity index (χ1) is 28.9. The van der Waals surface area contributed by atoms with Crippen LogP contribution in [0.1, 0.15) is 139 Å². The van der Waals surface area contributed by atoms with E-state index >= 15 is 0 Å². The molecule has 0 saturated heterocycles. The van der Waals surface area contributed by atoms with E-state index < -0.39 is 44.7 Å². The van der Waals surface area contributed by atoms with Gasteiger partial charge in [0.25, 0.3) is 0 Å². The number of aryl methyl sites for hydroxylation is 2. The Morgan fingerprint density at radius 1 is 0.717 bits per heavy atom. The predicted molar refractivity (Wildman–Crippen MR) is 239 cm³/mol. The van der Waals surface area contributed by atoms with Gasteiger partial charge in [0.15, 0.2) is 6.10 Å². The lowest BCUT2D eigenvalue weighted by Gasteiger charge is -2.19. The van der Waals surface area contributed by atoms with Crippen molar-refractivity contribution in [3.63, 3.8) is 0 Å². The monoisotopic (exact) mass is 862 g/mol. The zero-order chi connectivity index (χ0) is 44.3. The van der Waals surface area contributed by atoms with Gasteiger partial charge in [-0.15, -0.1) is 0 Å². The summed E-state index contributed by atoms with van der Waals surface area (Å²) >= 11 is 0. The Hall–Kier alpha value is -3.35. The average Bonchev–Trinajstić information content (AvgIpc) is 3.49. The Kier molecular flexibility index (Phi) is 32.1. The summed E-state index contributed by atoms with van der Waals surface area (Å²) in [5.41, 5.74) is 7.91. The highest BCUT2D eigenvalue weighted by Crippen LogP contribution is 2.43. The molecule has 340 valence electrons. The van der Waals surface area contributed by atoms with E-state index in [1.165, 1.54) is 24.0 Å². The van der Waals surface area contributed by atoms with Crippen molar-refractivity contribution in [2.75, 3.05) is 26.4 Å². The van der Waals surface area contributed by atoms with Gasteiger partial charge < -0.3 is 34.7 Å². The maximum absolute atomic E-state index is 12.7. The molecule has 12 nitrogen and oxygen atoms in total. The smallest absolute Gasteiger partial charge is 0.466 e. The van der Waals surface area contributed by atoms with Gasteiger partial charge in [-0.3, -0.25) is 18.6 Å².